The van der Waals surface area contributed by atoms with Crippen LogP contribution in [0.15, 0.2) is 28.7 Å². The summed E-state index contributed by atoms with van der Waals surface area (Å²) in [6.45, 7) is 11.9. The van der Waals surface area contributed by atoms with Gasteiger partial charge in [0.25, 0.3) is 0 Å². The second-order valence-electron chi connectivity index (χ2n) is 7.27. The predicted octanol–water partition coefficient (Wildman–Crippen LogP) is 5.01. The van der Waals surface area contributed by atoms with Gasteiger partial charge in [-0.1, -0.05) is 36.7 Å². The lowest BCUT2D eigenvalue weighted by Crippen LogP contribution is -2.30. The molecular weight excluding hydrogens is 324 g/mol. The van der Waals surface area contributed by atoms with Crippen molar-refractivity contribution in [1.82, 2.24) is 4.90 Å². The van der Waals surface area contributed by atoms with Crippen LogP contribution in [0.4, 0.5) is 5.69 Å². The third-order valence-corrected chi connectivity index (χ3v) is 5.18. The molecule has 1 aliphatic rings. The van der Waals surface area contributed by atoms with E-state index in [1.807, 2.05) is 0 Å². The number of benzene rings is 1. The molecule has 1 aliphatic heterocycles. The molecule has 0 saturated carbocycles. The van der Waals surface area contributed by atoms with Gasteiger partial charge < -0.3 is 10.2 Å². The lowest BCUT2D eigenvalue weighted by Gasteiger charge is -2.29. The van der Waals surface area contributed by atoms with E-state index in [1.165, 1.54) is 38.0 Å². The first-order valence-electron chi connectivity index (χ1n) is 8.17. The van der Waals surface area contributed by atoms with Crippen molar-refractivity contribution in [2.24, 2.45) is 11.3 Å². The third kappa shape index (κ3) is 5.63. The van der Waals surface area contributed by atoms with E-state index in [0.717, 1.165) is 23.5 Å². The van der Waals surface area contributed by atoms with Crippen molar-refractivity contribution in [3.05, 3.63) is 28.7 Å². The molecule has 1 saturated heterocycles. The molecule has 1 fully saturated rings. The Balaban J connectivity index is 1.73. The van der Waals surface area contributed by atoms with Crippen LogP contribution in [0.25, 0.3) is 0 Å². The fraction of sp³-hybridized carbons (Fsp3) is 0.667. The van der Waals surface area contributed by atoms with E-state index in [4.69, 9.17) is 0 Å². The maximum atomic E-state index is 3.52. The molecule has 0 amide bonds. The molecule has 3 heteroatoms. The predicted molar refractivity (Wildman–Crippen MR) is 95.9 cm³/mol. The molecule has 0 bridgehead atoms. The van der Waals surface area contributed by atoms with Gasteiger partial charge in [0.15, 0.2) is 0 Å². The summed E-state index contributed by atoms with van der Waals surface area (Å²) in [6.07, 6.45) is 4.09. The summed E-state index contributed by atoms with van der Waals surface area (Å²) in [6, 6.07) is 8.43. The summed E-state index contributed by atoms with van der Waals surface area (Å²) in [7, 11) is 0. The Morgan fingerprint density at radius 2 is 1.86 bits per heavy atom. The Morgan fingerprint density at radius 1 is 1.14 bits per heavy atom. The molecule has 0 aromatic heterocycles. The lowest BCUT2D eigenvalue weighted by atomic mass is 9.77. The van der Waals surface area contributed by atoms with Crippen LogP contribution in [-0.4, -0.2) is 31.1 Å². The average Bonchev–Trinajstić information content (AvgIpc) is 2.66. The van der Waals surface area contributed by atoms with Crippen molar-refractivity contribution in [2.75, 3.05) is 31.5 Å². The van der Waals surface area contributed by atoms with Gasteiger partial charge in [-0.05, 0) is 68.0 Å². The first-order valence-corrected chi connectivity index (χ1v) is 8.96. The number of anilines is 1. The average molecular weight is 353 g/mol. The highest BCUT2D eigenvalue weighted by Crippen LogP contribution is 2.34. The van der Waals surface area contributed by atoms with Crippen LogP contribution in [-0.2, 0) is 0 Å². The van der Waals surface area contributed by atoms with Crippen molar-refractivity contribution in [3.8, 4) is 0 Å². The summed E-state index contributed by atoms with van der Waals surface area (Å²) in [5.41, 5.74) is 1.67. The zero-order chi connectivity index (χ0) is 15.3. The van der Waals surface area contributed by atoms with E-state index >= 15 is 0 Å². The van der Waals surface area contributed by atoms with Crippen LogP contribution in [0.2, 0.25) is 0 Å². The minimum absolute atomic E-state index is 0.464. The molecule has 118 valence electrons. The van der Waals surface area contributed by atoms with Crippen LogP contribution in [0, 0.1) is 11.3 Å². The van der Waals surface area contributed by atoms with Crippen LogP contribution in [0.1, 0.15) is 40.0 Å². The van der Waals surface area contributed by atoms with Crippen LogP contribution in [0.3, 0.4) is 0 Å². The zero-order valence-electron chi connectivity index (χ0n) is 13.7. The van der Waals surface area contributed by atoms with Gasteiger partial charge in [0.05, 0.1) is 0 Å². The van der Waals surface area contributed by atoms with E-state index in [9.17, 15) is 0 Å². The standard InChI is InChI=1S/C18H29BrN2/c1-18(2,3)15-5-4-12-21(13-10-15)14-11-20-17-8-6-16(19)7-9-17/h6-9,15,20H,4-5,10-14H2,1-3H3. The van der Waals surface area contributed by atoms with Crippen molar-refractivity contribution in [3.63, 3.8) is 0 Å². The number of nitrogens with one attached hydrogen (secondary N) is 1. The fourth-order valence-corrected chi connectivity index (χ4v) is 3.44. The van der Waals surface area contributed by atoms with Gasteiger partial charge >= 0.3 is 0 Å². The second-order valence-corrected chi connectivity index (χ2v) is 8.18. The Bertz CT molecular complexity index is 422. The number of halogens is 1. The molecule has 1 aromatic rings. The highest BCUT2D eigenvalue weighted by molar-refractivity contribution is 9.10. The first-order chi connectivity index (χ1) is 9.95. The van der Waals surface area contributed by atoms with Gasteiger partial charge in [-0.25, -0.2) is 0 Å². The topological polar surface area (TPSA) is 15.3 Å². The van der Waals surface area contributed by atoms with Gasteiger partial charge in [0.1, 0.15) is 0 Å². The van der Waals surface area contributed by atoms with Crippen LogP contribution in [0.5, 0.6) is 0 Å². The molecule has 2 nitrogen and oxygen atoms in total. The minimum atomic E-state index is 0.464. The molecule has 1 N–H and O–H groups in total. The minimum Gasteiger partial charge on any atom is -0.384 e. The second kappa shape index (κ2) is 7.64. The molecule has 2 rings (SSSR count). The van der Waals surface area contributed by atoms with E-state index in [1.54, 1.807) is 0 Å². The SMILES string of the molecule is CC(C)(C)C1CCCN(CCNc2ccc(Br)cc2)CC1. The van der Waals surface area contributed by atoms with E-state index < -0.39 is 0 Å². The first kappa shape index (κ1) is 16.8. The van der Waals surface area contributed by atoms with E-state index in [2.05, 4.69) is 71.2 Å². The third-order valence-electron chi connectivity index (χ3n) is 4.65. The number of hydrogen-bond acceptors (Lipinski definition) is 2. The normalized spacial score (nSPS) is 21.0. The lowest BCUT2D eigenvalue weighted by molar-refractivity contribution is 0.209. The molecule has 0 aliphatic carbocycles. The van der Waals surface area contributed by atoms with Crippen molar-refractivity contribution < 1.29 is 0 Å². The molecule has 1 unspecified atom stereocenters. The number of rotatable bonds is 4. The Hall–Kier alpha value is -0.540. The summed E-state index contributed by atoms with van der Waals surface area (Å²) in [4.78, 5) is 2.62. The van der Waals surface area contributed by atoms with Crippen molar-refractivity contribution in [2.45, 2.75) is 40.0 Å². The summed E-state index contributed by atoms with van der Waals surface area (Å²) < 4.78 is 1.13. The fourth-order valence-electron chi connectivity index (χ4n) is 3.17. The maximum Gasteiger partial charge on any atom is 0.0341 e. The molecule has 0 spiro atoms. The quantitative estimate of drug-likeness (QED) is 0.819. The number of likely N-dealkylation sites (tertiary alicyclic amines) is 1. The monoisotopic (exact) mass is 352 g/mol. The molecule has 1 atom stereocenters. The smallest absolute Gasteiger partial charge is 0.0341 e. The number of hydrogen-bond donors (Lipinski definition) is 1. The summed E-state index contributed by atoms with van der Waals surface area (Å²) in [5, 5.41) is 3.52. The highest BCUT2D eigenvalue weighted by atomic mass is 79.9. The Morgan fingerprint density at radius 3 is 2.52 bits per heavy atom. The highest BCUT2D eigenvalue weighted by Gasteiger charge is 2.26. The molecular formula is C18H29BrN2. The van der Waals surface area contributed by atoms with Crippen LogP contribution < -0.4 is 5.32 Å². The van der Waals surface area contributed by atoms with Gasteiger partial charge in [-0.2, -0.15) is 0 Å². The van der Waals surface area contributed by atoms with Gasteiger partial charge in [0, 0.05) is 23.2 Å². The summed E-state index contributed by atoms with van der Waals surface area (Å²) in [5.74, 6) is 0.877. The maximum absolute atomic E-state index is 3.52. The number of nitrogens with zero attached hydrogens (tertiary/aromatic N) is 1. The largest absolute Gasteiger partial charge is 0.384 e. The van der Waals surface area contributed by atoms with Crippen molar-refractivity contribution in [1.29, 1.82) is 0 Å². The van der Waals surface area contributed by atoms with Crippen LogP contribution >= 0.6 is 15.9 Å². The van der Waals surface area contributed by atoms with E-state index in [0.29, 0.717) is 5.41 Å². The molecule has 1 aromatic carbocycles. The Kier molecular flexibility index (Phi) is 6.12. The van der Waals surface area contributed by atoms with Crippen molar-refractivity contribution >= 4 is 21.6 Å². The van der Waals surface area contributed by atoms with Gasteiger partial charge in [-0.3, -0.25) is 0 Å². The Labute approximate surface area is 138 Å². The molecule has 0 radical (unpaired) electrons. The van der Waals surface area contributed by atoms with Gasteiger partial charge in [-0.15, -0.1) is 0 Å². The zero-order valence-corrected chi connectivity index (χ0v) is 15.2. The molecule has 1 heterocycles. The summed E-state index contributed by atoms with van der Waals surface area (Å²) >= 11 is 3.47. The van der Waals surface area contributed by atoms with E-state index in [-0.39, 0.29) is 0 Å². The van der Waals surface area contributed by atoms with Gasteiger partial charge in [0.2, 0.25) is 0 Å². The molecule has 21 heavy (non-hydrogen) atoms.